The summed E-state index contributed by atoms with van der Waals surface area (Å²) in [6.07, 6.45) is 8.66. The molecule has 60 heavy (non-hydrogen) atoms. The second-order valence-electron chi connectivity index (χ2n) is 18.6. The molecule has 0 aliphatic heterocycles. The minimum Gasteiger partial charge on any atom is -0.481 e. The van der Waals surface area contributed by atoms with Crippen LogP contribution in [0.5, 0.6) is 0 Å². The van der Waals surface area contributed by atoms with Crippen LogP contribution >= 0.6 is 46.4 Å². The second-order valence-corrected chi connectivity index (χ2v) is 20.1. The maximum Gasteiger partial charge on any atom is 0.310 e. The largest absolute Gasteiger partial charge is 0.481 e. The Morgan fingerprint density at radius 3 is 1.77 bits per heavy atom. The predicted molar refractivity (Wildman–Crippen MR) is 244 cm³/mol. The number of anilines is 2. The third-order valence-corrected chi connectivity index (χ3v) is 16.2. The fourth-order valence-electron chi connectivity index (χ4n) is 12.5. The van der Waals surface area contributed by atoms with E-state index in [0.29, 0.717) is 79.8 Å². The van der Waals surface area contributed by atoms with Crippen LogP contribution in [0.3, 0.4) is 0 Å². The number of hydrogen-bond donors (Lipinski definition) is 1. The van der Waals surface area contributed by atoms with Crippen LogP contribution in [0.15, 0.2) is 48.5 Å². The molecule has 4 fully saturated rings. The van der Waals surface area contributed by atoms with Gasteiger partial charge < -0.3 is 24.4 Å². The number of hydrogen-bond acceptors (Lipinski definition) is 7. The van der Waals surface area contributed by atoms with Crippen LogP contribution in [-0.2, 0) is 36.7 Å². The molecule has 332 valence electrons. The fourth-order valence-corrected chi connectivity index (χ4v) is 13.3. The van der Waals surface area contributed by atoms with E-state index < -0.39 is 5.97 Å². The number of alkyl halides is 4. The Labute approximate surface area is 378 Å². The van der Waals surface area contributed by atoms with Crippen molar-refractivity contribution in [3.8, 4) is 0 Å². The highest BCUT2D eigenvalue weighted by Crippen LogP contribution is 2.69. The summed E-state index contributed by atoms with van der Waals surface area (Å²) in [6, 6.07) is 16.1. The van der Waals surface area contributed by atoms with Gasteiger partial charge in [0.05, 0.1) is 12.8 Å². The summed E-state index contributed by atoms with van der Waals surface area (Å²) in [7, 11) is 0. The molecular formula is C48H66Cl4N2O6. The first kappa shape index (κ1) is 47.1. The van der Waals surface area contributed by atoms with Crippen LogP contribution in [0.25, 0.3) is 0 Å². The van der Waals surface area contributed by atoms with Crippen molar-refractivity contribution in [1.29, 1.82) is 0 Å². The Hall–Kier alpha value is -2.39. The molecule has 2 aromatic carbocycles. The monoisotopic (exact) mass is 906 g/mol. The number of esters is 2. The van der Waals surface area contributed by atoms with Gasteiger partial charge in [0.1, 0.15) is 12.2 Å². The van der Waals surface area contributed by atoms with Gasteiger partial charge in [0.25, 0.3) is 0 Å². The summed E-state index contributed by atoms with van der Waals surface area (Å²) in [5, 5.41) is 9.58. The molecule has 0 heterocycles. The minimum atomic E-state index is -0.761. The van der Waals surface area contributed by atoms with Gasteiger partial charge in [-0.1, -0.05) is 45.0 Å². The lowest BCUT2D eigenvalue weighted by atomic mass is 9.43. The predicted octanol–water partition coefficient (Wildman–Crippen LogP) is 10.6. The molecule has 0 amide bonds. The van der Waals surface area contributed by atoms with Crippen molar-refractivity contribution >= 4 is 75.7 Å². The highest BCUT2D eigenvalue weighted by atomic mass is 35.5. The number of ether oxygens (including phenoxy) is 2. The van der Waals surface area contributed by atoms with Crippen LogP contribution in [0, 0.1) is 46.3 Å². The summed E-state index contributed by atoms with van der Waals surface area (Å²) < 4.78 is 12.9. The van der Waals surface area contributed by atoms with Crippen molar-refractivity contribution in [2.75, 3.05) is 59.5 Å². The minimum absolute atomic E-state index is 0.0480. The topological polar surface area (TPSA) is 96.4 Å². The first-order valence-electron chi connectivity index (χ1n) is 22.4. The van der Waals surface area contributed by atoms with Crippen molar-refractivity contribution < 1.29 is 29.0 Å². The fraction of sp³-hybridized carbons (Fsp3) is 0.688. The highest BCUT2D eigenvalue weighted by molar-refractivity contribution is 6.19. The molecule has 0 aromatic heterocycles. The molecule has 4 saturated carbocycles. The molecule has 0 saturated heterocycles. The van der Waals surface area contributed by atoms with E-state index in [1.807, 2.05) is 48.5 Å². The zero-order valence-electron chi connectivity index (χ0n) is 35.8. The Morgan fingerprint density at radius 2 is 1.25 bits per heavy atom. The Morgan fingerprint density at radius 1 is 0.717 bits per heavy atom. The third kappa shape index (κ3) is 10.7. The van der Waals surface area contributed by atoms with E-state index >= 15 is 0 Å². The first-order valence-corrected chi connectivity index (χ1v) is 24.5. The number of aliphatic carboxylic acids is 1. The number of carboxylic acids is 1. The molecule has 2 aromatic rings. The van der Waals surface area contributed by atoms with E-state index in [1.54, 1.807) is 0 Å². The van der Waals surface area contributed by atoms with Gasteiger partial charge in [-0.3, -0.25) is 14.4 Å². The van der Waals surface area contributed by atoms with E-state index in [-0.39, 0.29) is 66.1 Å². The maximum absolute atomic E-state index is 14.0. The zero-order valence-corrected chi connectivity index (χ0v) is 38.8. The molecule has 6 rings (SSSR count). The van der Waals surface area contributed by atoms with Crippen molar-refractivity contribution in [1.82, 2.24) is 0 Å². The van der Waals surface area contributed by atoms with Gasteiger partial charge in [-0.05, 0) is 134 Å². The number of halogens is 4. The lowest BCUT2D eigenvalue weighted by Gasteiger charge is -2.62. The van der Waals surface area contributed by atoms with Crippen molar-refractivity contribution in [3.05, 3.63) is 59.7 Å². The zero-order chi connectivity index (χ0) is 43.0. The lowest BCUT2D eigenvalue weighted by Crippen LogP contribution is -2.59. The number of carbonyl (C=O) groups excluding carboxylic acids is 2. The second kappa shape index (κ2) is 21.3. The van der Waals surface area contributed by atoms with Gasteiger partial charge in [0, 0.05) is 72.9 Å². The van der Waals surface area contributed by atoms with E-state index in [0.717, 1.165) is 73.9 Å². The summed E-state index contributed by atoms with van der Waals surface area (Å²) in [4.78, 5) is 43.3. The quantitative estimate of drug-likeness (QED) is 0.104. The molecule has 1 N–H and O–H groups in total. The molecule has 3 unspecified atom stereocenters. The third-order valence-electron chi connectivity index (χ3n) is 15.6. The average molecular weight is 909 g/mol. The Kier molecular flexibility index (Phi) is 16.7. The summed E-state index contributed by atoms with van der Waals surface area (Å²) in [5.74, 6) is 3.09. The van der Waals surface area contributed by atoms with Crippen LogP contribution in [0.4, 0.5) is 11.4 Å². The first-order chi connectivity index (χ1) is 28.8. The Bertz CT molecular complexity index is 1720. The van der Waals surface area contributed by atoms with E-state index in [9.17, 15) is 19.5 Å². The van der Waals surface area contributed by atoms with Gasteiger partial charge in [-0.25, -0.2) is 0 Å². The number of carboxylic acid groups (broad SMARTS) is 1. The molecule has 0 spiro atoms. The molecule has 10 atom stereocenters. The number of rotatable bonds is 20. The van der Waals surface area contributed by atoms with Gasteiger partial charge in [0.15, 0.2) is 0 Å². The van der Waals surface area contributed by atoms with Crippen molar-refractivity contribution in [2.24, 2.45) is 46.3 Å². The van der Waals surface area contributed by atoms with Crippen LogP contribution in [-0.4, -0.2) is 84.9 Å². The van der Waals surface area contributed by atoms with Crippen LogP contribution in [0.2, 0.25) is 0 Å². The lowest BCUT2D eigenvalue weighted by molar-refractivity contribution is -0.199. The highest BCUT2D eigenvalue weighted by Gasteiger charge is 2.65. The van der Waals surface area contributed by atoms with Crippen LogP contribution in [0.1, 0.15) is 96.1 Å². The molecule has 0 bridgehead atoms. The number of carbonyl (C=O) groups is 3. The van der Waals surface area contributed by atoms with Crippen molar-refractivity contribution in [3.63, 3.8) is 0 Å². The van der Waals surface area contributed by atoms with Gasteiger partial charge in [-0.2, -0.15) is 0 Å². The van der Waals surface area contributed by atoms with Gasteiger partial charge in [0.2, 0.25) is 0 Å². The van der Waals surface area contributed by atoms with Crippen LogP contribution < -0.4 is 9.80 Å². The van der Waals surface area contributed by atoms with Gasteiger partial charge in [-0.15, -0.1) is 46.4 Å². The Balaban J connectivity index is 1.14. The number of nitrogens with zero attached hydrogens (tertiary/aromatic N) is 2. The van der Waals surface area contributed by atoms with Crippen molar-refractivity contribution in [2.45, 2.75) is 110 Å². The normalized spacial score (nSPS) is 30.0. The smallest absolute Gasteiger partial charge is 0.310 e. The molecule has 4 aliphatic rings. The maximum atomic E-state index is 14.0. The SMILES string of the molecule is C[C@H](CCC(=O)O)[C@H]1CC[C@H]2[C@@H]3CCC4CC(OC(=O)Cc5ccc(N(CCCl)CCCl)cc5)CC[C@]4(C)[C@H]3CC(OC(=O)Cc3ccc(N(CCCl)CCCl)cc3)[C@]12C. The number of fused-ring (bicyclic) bond motifs is 5. The van der Waals surface area contributed by atoms with Gasteiger partial charge >= 0.3 is 17.9 Å². The molecule has 4 aliphatic carbocycles. The summed E-state index contributed by atoms with van der Waals surface area (Å²) in [5.41, 5.74) is 3.70. The summed E-state index contributed by atoms with van der Waals surface area (Å²) >= 11 is 24.1. The molecule has 0 radical (unpaired) electrons. The van der Waals surface area contributed by atoms with E-state index in [2.05, 4.69) is 30.6 Å². The van der Waals surface area contributed by atoms with E-state index in [4.69, 9.17) is 55.9 Å². The molecular weight excluding hydrogens is 842 g/mol. The average Bonchev–Trinajstić information content (AvgIpc) is 3.59. The molecule has 8 nitrogen and oxygen atoms in total. The number of benzene rings is 2. The standard InChI is InChI=1S/C48H66Cl4N2O6/c1-32(4-17-44(55)56)40-15-16-41-39-14-9-35-30-38(59-45(57)28-33-5-10-36(11-6-33)53(24-20-49)25-21-50)18-19-47(35,2)42(39)31-43(48(40,41)3)60-46(58)29-34-7-12-37(13-8-34)54(26-22-51)27-23-52/h5-8,10-13,32,35,38-43H,4,9,14-31H2,1-3H3,(H,55,56)/t32-,35?,38?,39+,40-,41+,42+,43?,47+,48-/m1/s1. The summed E-state index contributed by atoms with van der Waals surface area (Å²) in [6.45, 7) is 9.84. The molecule has 12 heteroatoms. The van der Waals surface area contributed by atoms with E-state index in [1.165, 1.54) is 0 Å².